The highest BCUT2D eigenvalue weighted by Gasteiger charge is 2.33. The average molecular weight is 511 g/mol. The smallest absolute Gasteiger partial charge is 0.414 e. The highest BCUT2D eigenvalue weighted by molar-refractivity contribution is 7.89. The van der Waals surface area contributed by atoms with Gasteiger partial charge >= 0.3 is 6.09 Å². The van der Waals surface area contributed by atoms with Crippen LogP contribution in [0.2, 0.25) is 4.34 Å². The van der Waals surface area contributed by atoms with Crippen LogP contribution in [-0.4, -0.2) is 69.7 Å². The number of cyclic esters (lactones) is 1. The third-order valence-electron chi connectivity index (χ3n) is 5.26. The van der Waals surface area contributed by atoms with E-state index in [0.717, 1.165) is 32.2 Å². The van der Waals surface area contributed by atoms with Crippen molar-refractivity contribution in [3.05, 3.63) is 51.2 Å². The van der Waals surface area contributed by atoms with Gasteiger partial charge in [0.2, 0.25) is 0 Å². The number of carbonyl (C=O) groups excluding carboxylic acids is 2. The number of carbonyl (C=O) groups is 2. The highest BCUT2D eigenvalue weighted by Crippen LogP contribution is 2.24. The van der Waals surface area contributed by atoms with Gasteiger partial charge in [-0.05, 0) is 49.2 Å². The fourth-order valence-corrected chi connectivity index (χ4v) is 5.23. The second-order valence-corrected chi connectivity index (χ2v) is 11.2. The Labute approximate surface area is 201 Å². The number of likely N-dealkylation sites (tertiary alicyclic amines) is 1. The topological polar surface area (TPSA) is 108 Å². The van der Waals surface area contributed by atoms with E-state index in [-0.39, 0.29) is 19.0 Å². The molecule has 0 aliphatic carbocycles. The number of thiophene rings is 1. The summed E-state index contributed by atoms with van der Waals surface area (Å²) in [5.41, 5.74) is 1.28. The largest absolute Gasteiger partial charge is 0.442 e. The van der Waals surface area contributed by atoms with Gasteiger partial charge in [0.15, 0.2) is 0 Å². The third kappa shape index (κ3) is 5.84. The third-order valence-corrected chi connectivity index (χ3v) is 6.99. The zero-order chi connectivity index (χ0) is 23.6. The van der Waals surface area contributed by atoms with Crippen molar-refractivity contribution in [3.8, 4) is 0 Å². The molecule has 2 aliphatic rings. The van der Waals surface area contributed by atoms with Crippen molar-refractivity contribution >= 4 is 56.5 Å². The van der Waals surface area contributed by atoms with E-state index in [1.54, 1.807) is 36.4 Å². The van der Waals surface area contributed by atoms with Crippen LogP contribution in [0.5, 0.6) is 0 Å². The van der Waals surface area contributed by atoms with Crippen molar-refractivity contribution < 1.29 is 22.7 Å². The first-order chi connectivity index (χ1) is 15.7. The quantitative estimate of drug-likeness (QED) is 0.473. The van der Waals surface area contributed by atoms with Crippen LogP contribution in [0, 0.1) is 0 Å². The summed E-state index contributed by atoms with van der Waals surface area (Å²) in [6, 6.07) is 10.3. The number of benzene rings is 1. The molecular formula is C21H23ClN4O5S2. The van der Waals surface area contributed by atoms with E-state index in [2.05, 4.69) is 9.71 Å². The highest BCUT2D eigenvalue weighted by atomic mass is 35.5. The number of anilines is 1. The minimum Gasteiger partial charge on any atom is -0.442 e. The molecule has 2 saturated heterocycles. The number of amides is 2. The Kier molecular flexibility index (Phi) is 6.91. The monoisotopic (exact) mass is 510 g/mol. The number of hydrogen-bond acceptors (Lipinski definition) is 6. The van der Waals surface area contributed by atoms with Crippen molar-refractivity contribution in [2.75, 3.05) is 37.3 Å². The summed E-state index contributed by atoms with van der Waals surface area (Å²) in [6.07, 6.45) is 2.04. The summed E-state index contributed by atoms with van der Waals surface area (Å²) in [6.45, 7) is 1.95. The van der Waals surface area contributed by atoms with Gasteiger partial charge in [-0.2, -0.15) is 0 Å². The van der Waals surface area contributed by atoms with E-state index in [9.17, 15) is 18.0 Å². The predicted octanol–water partition coefficient (Wildman–Crippen LogP) is 2.96. The average Bonchev–Trinajstić information content (AvgIpc) is 3.51. The van der Waals surface area contributed by atoms with Gasteiger partial charge in [0.25, 0.3) is 15.9 Å². The molecule has 1 unspecified atom stereocenters. The molecule has 12 heteroatoms. The minimum absolute atomic E-state index is 0.175. The minimum atomic E-state index is -3.56. The molecule has 0 bridgehead atoms. The lowest BCUT2D eigenvalue weighted by Crippen LogP contribution is -2.34. The zero-order valence-corrected chi connectivity index (χ0v) is 20.3. The number of hydrogen-bond donors (Lipinski definition) is 1. The first-order valence-corrected chi connectivity index (χ1v) is 13.4. The van der Waals surface area contributed by atoms with Gasteiger partial charge in [0.05, 0.1) is 28.6 Å². The van der Waals surface area contributed by atoms with Crippen LogP contribution in [0.15, 0.2) is 40.8 Å². The normalized spacial score (nSPS) is 19.2. The lowest BCUT2D eigenvalue weighted by molar-refractivity contribution is 0.0920. The lowest BCUT2D eigenvalue weighted by Gasteiger charge is -2.20. The number of halogens is 1. The first kappa shape index (κ1) is 23.5. The molecule has 9 nitrogen and oxygen atoms in total. The summed E-state index contributed by atoms with van der Waals surface area (Å²) < 4.78 is 33.5. The maximum Gasteiger partial charge on any atom is 0.414 e. The van der Waals surface area contributed by atoms with Crippen molar-refractivity contribution in [3.63, 3.8) is 0 Å². The Balaban J connectivity index is 1.42. The van der Waals surface area contributed by atoms with Crippen LogP contribution in [0.25, 0.3) is 0 Å². The van der Waals surface area contributed by atoms with Crippen molar-refractivity contribution in [2.24, 2.45) is 4.40 Å². The van der Waals surface area contributed by atoms with Crippen LogP contribution in [0.1, 0.15) is 28.1 Å². The fraction of sp³-hybridized carbons (Fsp3) is 0.381. The van der Waals surface area contributed by atoms with Gasteiger partial charge in [-0.1, -0.05) is 11.6 Å². The summed E-state index contributed by atoms with van der Waals surface area (Å²) in [4.78, 5) is 28.5. The van der Waals surface area contributed by atoms with Crippen LogP contribution >= 0.6 is 22.9 Å². The van der Waals surface area contributed by atoms with E-state index in [0.29, 0.717) is 26.3 Å². The van der Waals surface area contributed by atoms with E-state index >= 15 is 0 Å². The van der Waals surface area contributed by atoms with Crippen molar-refractivity contribution in [1.29, 1.82) is 0 Å². The van der Waals surface area contributed by atoms with Crippen LogP contribution in [0.3, 0.4) is 0 Å². The zero-order valence-electron chi connectivity index (χ0n) is 17.9. The Morgan fingerprint density at radius 1 is 1.21 bits per heavy atom. The molecule has 4 rings (SSSR count). The second kappa shape index (κ2) is 9.70. The van der Waals surface area contributed by atoms with Gasteiger partial charge in [-0.3, -0.25) is 9.69 Å². The Hall–Kier alpha value is -2.63. The molecule has 1 aromatic carbocycles. The second-order valence-electron chi connectivity index (χ2n) is 7.82. The summed E-state index contributed by atoms with van der Waals surface area (Å²) >= 11 is 7.04. The predicted molar refractivity (Wildman–Crippen MR) is 128 cm³/mol. The molecule has 2 aliphatic heterocycles. The summed E-state index contributed by atoms with van der Waals surface area (Å²) in [5.74, 6) is 0.144. The maximum absolute atomic E-state index is 12.4. The summed E-state index contributed by atoms with van der Waals surface area (Å²) in [5, 5.41) is 2.75. The molecule has 0 spiro atoms. The number of ether oxygens (including phenoxy) is 1. The van der Waals surface area contributed by atoms with Gasteiger partial charge in [0.1, 0.15) is 11.9 Å². The molecule has 33 heavy (non-hydrogen) atoms. The van der Waals surface area contributed by atoms with Gasteiger partial charge < -0.3 is 15.0 Å². The number of amidine groups is 1. The number of nitrogens with one attached hydrogen (secondary N) is 1. The van der Waals surface area contributed by atoms with Crippen LogP contribution in [0.4, 0.5) is 10.5 Å². The number of nitrogens with zero attached hydrogens (tertiary/aromatic N) is 3. The fourth-order valence-electron chi connectivity index (χ4n) is 3.74. The van der Waals surface area contributed by atoms with Crippen molar-refractivity contribution in [2.45, 2.75) is 18.9 Å². The molecule has 1 N–H and O–H groups in total. The van der Waals surface area contributed by atoms with E-state index in [4.69, 9.17) is 16.3 Å². The molecule has 0 saturated carbocycles. The maximum atomic E-state index is 12.4. The number of sulfonamides is 1. The first-order valence-electron chi connectivity index (χ1n) is 10.4. The van der Waals surface area contributed by atoms with E-state index in [1.165, 1.54) is 16.2 Å². The Bertz CT molecular complexity index is 1170. The van der Waals surface area contributed by atoms with Crippen LogP contribution < -0.4 is 10.2 Å². The molecule has 176 valence electrons. The van der Waals surface area contributed by atoms with Gasteiger partial charge in [-0.25, -0.2) is 13.2 Å². The standard InChI is InChI=1S/C21H23ClN4O5S2/c1-33(29,30)24-19(25-10-2-3-11-25)14-4-6-15(7-5-14)26-13-16(31-21(26)28)12-23-20(27)17-8-9-18(22)32-17/h4-9,16H,2-3,10-13H2,1H3,(H,23,27). The molecule has 2 aromatic rings. The Morgan fingerprint density at radius 3 is 2.52 bits per heavy atom. The lowest BCUT2D eigenvalue weighted by atomic mass is 10.1. The van der Waals surface area contributed by atoms with E-state index in [1.807, 2.05) is 4.90 Å². The molecule has 1 aromatic heterocycles. The van der Waals surface area contributed by atoms with Crippen LogP contribution in [-0.2, 0) is 14.8 Å². The molecular weight excluding hydrogens is 488 g/mol. The Morgan fingerprint density at radius 2 is 1.91 bits per heavy atom. The molecule has 1 atom stereocenters. The summed E-state index contributed by atoms with van der Waals surface area (Å²) in [7, 11) is -3.56. The molecule has 2 fully saturated rings. The van der Waals surface area contributed by atoms with Crippen molar-refractivity contribution in [1.82, 2.24) is 10.2 Å². The molecule has 2 amide bonds. The SMILES string of the molecule is CS(=O)(=O)N=C(c1ccc(N2CC(CNC(=O)c3ccc(Cl)s3)OC2=O)cc1)N1CCCC1. The van der Waals surface area contributed by atoms with E-state index < -0.39 is 22.2 Å². The van der Waals surface area contributed by atoms with Gasteiger partial charge in [-0.15, -0.1) is 15.7 Å². The molecule has 0 radical (unpaired) electrons. The van der Waals surface area contributed by atoms with Gasteiger partial charge in [0, 0.05) is 24.3 Å². The number of rotatable bonds is 6. The molecule has 3 heterocycles.